The Kier molecular flexibility index (Phi) is 3.80. The van der Waals surface area contributed by atoms with Crippen LogP contribution in [0.4, 0.5) is 0 Å². The minimum absolute atomic E-state index is 0.0832. The van der Waals surface area contributed by atoms with Gasteiger partial charge in [-0.3, -0.25) is 0 Å². The van der Waals surface area contributed by atoms with Crippen molar-refractivity contribution >= 4 is 5.76 Å². The Bertz CT molecular complexity index is 619. The summed E-state index contributed by atoms with van der Waals surface area (Å²) in [6, 6.07) is 20.5. The summed E-state index contributed by atoms with van der Waals surface area (Å²) in [7, 11) is 0. The Labute approximate surface area is 126 Å². The number of benzene rings is 2. The zero-order valence-corrected chi connectivity index (χ0v) is 12.5. The first kappa shape index (κ1) is 13.9. The number of ether oxygens (including phenoxy) is 2. The Morgan fingerprint density at radius 2 is 1.57 bits per heavy atom. The predicted octanol–water partition coefficient (Wildman–Crippen LogP) is 4.94. The molecular weight excluding hydrogens is 260 g/mol. The molecule has 1 aliphatic rings. The molecule has 1 heterocycles. The van der Waals surface area contributed by atoms with Crippen LogP contribution in [0.3, 0.4) is 0 Å². The van der Waals surface area contributed by atoms with Gasteiger partial charge in [0.05, 0.1) is 0 Å². The van der Waals surface area contributed by atoms with Crippen molar-refractivity contribution in [2.75, 3.05) is 0 Å². The molecule has 2 unspecified atom stereocenters. The molecule has 1 aliphatic heterocycles. The molecular formula is C19H20O2. The van der Waals surface area contributed by atoms with E-state index in [1.807, 2.05) is 43.3 Å². The largest absolute Gasteiger partial charge is 0.462 e. The van der Waals surface area contributed by atoms with Gasteiger partial charge >= 0.3 is 0 Å². The molecule has 21 heavy (non-hydrogen) atoms. The first-order valence-electron chi connectivity index (χ1n) is 7.39. The van der Waals surface area contributed by atoms with Gasteiger partial charge in [0, 0.05) is 18.9 Å². The maximum Gasteiger partial charge on any atom is 0.208 e. The van der Waals surface area contributed by atoms with Gasteiger partial charge < -0.3 is 9.47 Å². The van der Waals surface area contributed by atoms with Gasteiger partial charge in [-0.1, -0.05) is 67.6 Å². The average Bonchev–Trinajstić information content (AvgIpc) is 2.56. The molecule has 2 heteroatoms. The molecule has 0 spiro atoms. The van der Waals surface area contributed by atoms with Crippen LogP contribution in [0.15, 0.2) is 66.7 Å². The van der Waals surface area contributed by atoms with E-state index in [-0.39, 0.29) is 6.10 Å². The Balaban J connectivity index is 2.00. The summed E-state index contributed by atoms with van der Waals surface area (Å²) in [5.74, 6) is 0.292. The van der Waals surface area contributed by atoms with Crippen molar-refractivity contribution in [1.82, 2.24) is 0 Å². The van der Waals surface area contributed by atoms with Crippen LogP contribution in [0.25, 0.3) is 5.76 Å². The van der Waals surface area contributed by atoms with Crippen LogP contribution >= 0.6 is 0 Å². The van der Waals surface area contributed by atoms with Gasteiger partial charge in [-0.25, -0.2) is 0 Å². The minimum Gasteiger partial charge on any atom is -0.462 e. The molecule has 3 rings (SSSR count). The molecule has 0 saturated carbocycles. The number of hydrogen-bond donors (Lipinski definition) is 0. The summed E-state index contributed by atoms with van der Waals surface area (Å²) in [5, 5.41) is 0. The first-order valence-corrected chi connectivity index (χ1v) is 7.39. The summed E-state index contributed by atoms with van der Waals surface area (Å²) in [5.41, 5.74) is 2.23. The van der Waals surface area contributed by atoms with Crippen LogP contribution in [-0.2, 0) is 9.47 Å². The van der Waals surface area contributed by atoms with E-state index in [1.54, 1.807) is 0 Å². The molecule has 0 fully saturated rings. The lowest BCUT2D eigenvalue weighted by Gasteiger charge is -2.38. The van der Waals surface area contributed by atoms with Crippen molar-refractivity contribution in [1.29, 1.82) is 0 Å². The number of hydrogen-bond acceptors (Lipinski definition) is 2. The maximum atomic E-state index is 6.16. The van der Waals surface area contributed by atoms with Crippen LogP contribution in [0.2, 0.25) is 0 Å². The average molecular weight is 280 g/mol. The molecule has 0 aliphatic carbocycles. The molecule has 0 N–H and O–H groups in total. The maximum absolute atomic E-state index is 6.16. The third-order valence-corrected chi connectivity index (χ3v) is 3.83. The van der Waals surface area contributed by atoms with Crippen molar-refractivity contribution in [2.24, 2.45) is 0 Å². The predicted molar refractivity (Wildman–Crippen MR) is 84.5 cm³/mol. The second-order valence-corrected chi connectivity index (χ2v) is 5.44. The van der Waals surface area contributed by atoms with Gasteiger partial charge in [0.1, 0.15) is 11.9 Å². The van der Waals surface area contributed by atoms with Gasteiger partial charge in [-0.05, 0) is 11.6 Å². The third kappa shape index (κ3) is 3.01. The SMILES string of the molecule is CCC1(C)OC(c2ccccc2)=CC(c2ccccc2)O1. The highest BCUT2D eigenvalue weighted by molar-refractivity contribution is 5.61. The lowest BCUT2D eigenvalue weighted by atomic mass is 10.0. The van der Waals surface area contributed by atoms with Gasteiger partial charge in [0.15, 0.2) is 0 Å². The second kappa shape index (κ2) is 5.74. The summed E-state index contributed by atoms with van der Waals surface area (Å²) in [6.07, 6.45) is 2.77. The van der Waals surface area contributed by atoms with E-state index in [4.69, 9.17) is 9.47 Å². The van der Waals surface area contributed by atoms with Crippen LogP contribution < -0.4 is 0 Å². The van der Waals surface area contributed by atoms with Crippen molar-refractivity contribution < 1.29 is 9.47 Å². The fourth-order valence-electron chi connectivity index (χ4n) is 2.45. The van der Waals surface area contributed by atoms with Crippen molar-refractivity contribution in [3.8, 4) is 0 Å². The molecule has 0 bridgehead atoms. The smallest absolute Gasteiger partial charge is 0.208 e. The van der Waals surface area contributed by atoms with E-state index >= 15 is 0 Å². The van der Waals surface area contributed by atoms with Crippen LogP contribution in [0.1, 0.15) is 37.5 Å². The minimum atomic E-state index is -0.597. The van der Waals surface area contributed by atoms with Gasteiger partial charge in [0.25, 0.3) is 0 Å². The van der Waals surface area contributed by atoms with Crippen molar-refractivity contribution in [3.63, 3.8) is 0 Å². The van der Waals surface area contributed by atoms with E-state index in [2.05, 4.69) is 37.3 Å². The lowest BCUT2D eigenvalue weighted by molar-refractivity contribution is -0.219. The molecule has 2 aromatic carbocycles. The fourth-order valence-corrected chi connectivity index (χ4v) is 2.45. The van der Waals surface area contributed by atoms with E-state index < -0.39 is 5.79 Å². The van der Waals surface area contributed by atoms with Crippen LogP contribution in [-0.4, -0.2) is 5.79 Å². The van der Waals surface area contributed by atoms with E-state index in [1.165, 1.54) is 0 Å². The quantitative estimate of drug-likeness (QED) is 0.792. The summed E-state index contributed by atoms with van der Waals surface area (Å²) >= 11 is 0. The Morgan fingerprint density at radius 3 is 2.19 bits per heavy atom. The van der Waals surface area contributed by atoms with Crippen molar-refractivity contribution in [3.05, 3.63) is 77.9 Å². The Hall–Kier alpha value is -2.06. The topological polar surface area (TPSA) is 18.5 Å². The molecule has 0 amide bonds. The monoisotopic (exact) mass is 280 g/mol. The highest BCUT2D eigenvalue weighted by atomic mass is 16.7. The zero-order chi connectivity index (χ0) is 14.7. The fraction of sp³-hybridized carbons (Fsp3) is 0.263. The van der Waals surface area contributed by atoms with Crippen molar-refractivity contribution in [2.45, 2.75) is 32.2 Å². The van der Waals surface area contributed by atoms with Crippen LogP contribution in [0, 0.1) is 0 Å². The molecule has 108 valence electrons. The molecule has 0 aromatic heterocycles. The van der Waals surface area contributed by atoms with E-state index in [0.717, 1.165) is 23.3 Å². The van der Waals surface area contributed by atoms with Gasteiger partial charge in [-0.2, -0.15) is 0 Å². The lowest BCUT2D eigenvalue weighted by Crippen LogP contribution is -2.35. The van der Waals surface area contributed by atoms with E-state index in [9.17, 15) is 0 Å². The highest BCUT2D eigenvalue weighted by Crippen LogP contribution is 2.39. The Morgan fingerprint density at radius 1 is 0.952 bits per heavy atom. The normalized spacial score (nSPS) is 25.0. The molecule has 0 radical (unpaired) electrons. The molecule has 0 saturated heterocycles. The highest BCUT2D eigenvalue weighted by Gasteiger charge is 2.34. The number of rotatable bonds is 3. The van der Waals surface area contributed by atoms with E-state index in [0.29, 0.717) is 0 Å². The van der Waals surface area contributed by atoms with Gasteiger partial charge in [-0.15, -0.1) is 0 Å². The molecule has 2 nitrogen and oxygen atoms in total. The molecule has 2 aromatic rings. The standard InChI is InChI=1S/C19H20O2/c1-3-19(2)20-17(15-10-6-4-7-11-15)14-18(21-19)16-12-8-5-9-13-16/h4-14,17H,3H2,1-2H3. The third-order valence-electron chi connectivity index (χ3n) is 3.83. The summed E-state index contributed by atoms with van der Waals surface area (Å²) in [6.45, 7) is 4.08. The van der Waals surface area contributed by atoms with Gasteiger partial charge in [0.2, 0.25) is 5.79 Å². The zero-order valence-electron chi connectivity index (χ0n) is 12.5. The summed E-state index contributed by atoms with van der Waals surface area (Å²) in [4.78, 5) is 0. The second-order valence-electron chi connectivity index (χ2n) is 5.44. The van der Waals surface area contributed by atoms with Crippen LogP contribution in [0.5, 0.6) is 0 Å². The molecule has 2 atom stereocenters. The first-order chi connectivity index (χ1) is 10.2. The summed E-state index contributed by atoms with van der Waals surface area (Å²) < 4.78 is 12.3.